The van der Waals surface area contributed by atoms with Gasteiger partial charge in [0.25, 0.3) is 0 Å². The summed E-state index contributed by atoms with van der Waals surface area (Å²) in [5.41, 5.74) is 0. The molecule has 1 aliphatic heterocycles. The molecule has 1 aromatic heterocycles. The Morgan fingerprint density at radius 1 is 1.40 bits per heavy atom. The Labute approximate surface area is 151 Å². The van der Waals surface area contributed by atoms with Crippen molar-refractivity contribution in [2.24, 2.45) is 5.92 Å². The number of carboxylic acids is 1. The lowest BCUT2D eigenvalue weighted by atomic mass is 10.0. The monoisotopic (exact) mass is 389 g/mol. The van der Waals surface area contributed by atoms with Crippen molar-refractivity contribution in [1.82, 2.24) is 14.3 Å². The van der Waals surface area contributed by atoms with Gasteiger partial charge in [0.1, 0.15) is 0 Å². The molecule has 10 heteroatoms. The first kappa shape index (κ1) is 19.8. The maximum atomic E-state index is 11.7. The first-order chi connectivity index (χ1) is 11.8. The van der Waals surface area contributed by atoms with Crippen LogP contribution in [-0.2, 0) is 32.9 Å². The van der Waals surface area contributed by atoms with E-state index < -0.39 is 22.1 Å². The Bertz CT molecular complexity index is 717. The van der Waals surface area contributed by atoms with E-state index in [1.54, 1.807) is 0 Å². The number of carbonyl (C=O) groups excluding carboxylic acids is 1. The summed E-state index contributed by atoms with van der Waals surface area (Å²) >= 11 is 1.51. The van der Waals surface area contributed by atoms with Crippen LogP contribution < -0.4 is 10.0 Å². The Morgan fingerprint density at radius 3 is 2.76 bits per heavy atom. The molecule has 1 saturated heterocycles. The molecular formula is C15H23N3O5S2. The second kappa shape index (κ2) is 8.75. The topological polar surface area (TPSA) is 116 Å². The molecule has 1 atom stereocenters. The van der Waals surface area contributed by atoms with Crippen LogP contribution in [0.3, 0.4) is 0 Å². The van der Waals surface area contributed by atoms with Gasteiger partial charge in [-0.05, 0) is 37.4 Å². The zero-order valence-electron chi connectivity index (χ0n) is 14.0. The first-order valence-electron chi connectivity index (χ1n) is 8.07. The van der Waals surface area contributed by atoms with Crippen LogP contribution in [0.25, 0.3) is 0 Å². The van der Waals surface area contributed by atoms with Crippen molar-refractivity contribution in [3.8, 4) is 0 Å². The van der Waals surface area contributed by atoms with Crippen molar-refractivity contribution in [1.29, 1.82) is 0 Å². The van der Waals surface area contributed by atoms with Crippen LogP contribution in [0.15, 0.2) is 12.1 Å². The number of carboxylic acid groups (broad SMARTS) is 1. The Balaban J connectivity index is 1.71. The number of nitrogens with zero attached hydrogens (tertiary/aromatic N) is 1. The largest absolute Gasteiger partial charge is 0.481 e. The molecule has 140 valence electrons. The molecule has 1 aromatic rings. The molecule has 2 rings (SSSR count). The number of rotatable bonds is 10. The van der Waals surface area contributed by atoms with Gasteiger partial charge in [0, 0.05) is 22.7 Å². The summed E-state index contributed by atoms with van der Waals surface area (Å²) in [7, 11) is -3.68. The van der Waals surface area contributed by atoms with E-state index in [-0.39, 0.29) is 19.5 Å². The van der Waals surface area contributed by atoms with Gasteiger partial charge in [0.2, 0.25) is 5.91 Å². The summed E-state index contributed by atoms with van der Waals surface area (Å²) in [6, 6.07) is 3.81. The lowest BCUT2D eigenvalue weighted by molar-refractivity contribution is -0.137. The fraction of sp³-hybridized carbons (Fsp3) is 0.600. The van der Waals surface area contributed by atoms with E-state index in [4.69, 9.17) is 5.11 Å². The third-order valence-electron chi connectivity index (χ3n) is 3.92. The predicted molar refractivity (Wildman–Crippen MR) is 94.1 cm³/mol. The van der Waals surface area contributed by atoms with Crippen LogP contribution in [0.2, 0.25) is 0 Å². The fourth-order valence-corrected chi connectivity index (χ4v) is 4.64. The molecule has 0 aromatic carbocycles. The van der Waals surface area contributed by atoms with Crippen LogP contribution in [0, 0.1) is 5.92 Å². The highest BCUT2D eigenvalue weighted by Crippen LogP contribution is 2.20. The van der Waals surface area contributed by atoms with Gasteiger partial charge in [-0.2, -0.15) is 12.7 Å². The maximum Gasteiger partial charge on any atom is 0.304 e. The third kappa shape index (κ3) is 6.38. The van der Waals surface area contributed by atoms with Gasteiger partial charge >= 0.3 is 16.2 Å². The van der Waals surface area contributed by atoms with E-state index in [1.165, 1.54) is 11.3 Å². The molecule has 1 aliphatic rings. The van der Waals surface area contributed by atoms with Crippen molar-refractivity contribution >= 4 is 33.4 Å². The van der Waals surface area contributed by atoms with Crippen LogP contribution in [-0.4, -0.2) is 42.8 Å². The highest BCUT2D eigenvalue weighted by atomic mass is 32.2. The Hall–Kier alpha value is -1.49. The molecule has 1 fully saturated rings. The lowest BCUT2D eigenvalue weighted by Gasteiger charge is -2.10. The average Bonchev–Trinajstić information content (AvgIpc) is 3.05. The summed E-state index contributed by atoms with van der Waals surface area (Å²) in [5.74, 6) is -0.911. The number of nitrogens with one attached hydrogen (secondary N) is 2. The molecule has 0 radical (unpaired) electrons. The van der Waals surface area contributed by atoms with Crippen molar-refractivity contribution < 1.29 is 23.1 Å². The second-order valence-corrected chi connectivity index (χ2v) is 9.09. The van der Waals surface area contributed by atoms with E-state index in [1.807, 2.05) is 23.8 Å². The molecule has 3 N–H and O–H groups in total. The Morgan fingerprint density at radius 2 is 2.12 bits per heavy atom. The van der Waals surface area contributed by atoms with Crippen LogP contribution in [0.5, 0.6) is 0 Å². The molecule has 0 bridgehead atoms. The smallest absolute Gasteiger partial charge is 0.304 e. The van der Waals surface area contributed by atoms with Crippen molar-refractivity contribution in [2.75, 3.05) is 13.1 Å². The molecule has 25 heavy (non-hydrogen) atoms. The van der Waals surface area contributed by atoms with E-state index >= 15 is 0 Å². The van der Waals surface area contributed by atoms with Crippen molar-refractivity contribution in [2.45, 2.75) is 39.3 Å². The molecule has 0 spiro atoms. The maximum absolute atomic E-state index is 11.7. The summed E-state index contributed by atoms with van der Waals surface area (Å²) in [6.07, 6.45) is 1.79. The second-order valence-electron chi connectivity index (χ2n) is 6.17. The van der Waals surface area contributed by atoms with Gasteiger partial charge in [-0.15, -0.1) is 11.3 Å². The third-order valence-corrected chi connectivity index (χ3v) is 6.41. The van der Waals surface area contributed by atoms with Crippen LogP contribution >= 0.6 is 11.3 Å². The van der Waals surface area contributed by atoms with E-state index in [0.29, 0.717) is 18.9 Å². The fourth-order valence-electron chi connectivity index (χ4n) is 2.48. The average molecular weight is 389 g/mol. The van der Waals surface area contributed by atoms with Gasteiger partial charge in [-0.25, -0.2) is 4.72 Å². The van der Waals surface area contributed by atoms with Gasteiger partial charge in [0.15, 0.2) is 0 Å². The minimum atomic E-state index is -3.68. The van der Waals surface area contributed by atoms with Gasteiger partial charge < -0.3 is 10.4 Å². The van der Waals surface area contributed by atoms with E-state index in [9.17, 15) is 18.0 Å². The quantitative estimate of drug-likeness (QED) is 0.512. The molecular weight excluding hydrogens is 366 g/mol. The molecule has 0 saturated carbocycles. The minimum Gasteiger partial charge on any atom is -0.481 e. The molecule has 8 nitrogen and oxygen atoms in total. The first-order valence-corrected chi connectivity index (χ1v) is 10.3. The van der Waals surface area contributed by atoms with Crippen LogP contribution in [0.1, 0.15) is 35.9 Å². The zero-order valence-corrected chi connectivity index (χ0v) is 15.7. The number of amides is 1. The summed E-state index contributed by atoms with van der Waals surface area (Å²) in [6.45, 7) is 3.58. The van der Waals surface area contributed by atoms with Crippen LogP contribution in [0.4, 0.5) is 0 Å². The Kier molecular flexibility index (Phi) is 6.94. The van der Waals surface area contributed by atoms with Crippen molar-refractivity contribution in [3.63, 3.8) is 0 Å². The SMILES string of the molecule is CC(CCNCc1ccc(CN2CC(=O)NS2(=O)=O)s1)CCC(=O)O. The standard InChI is InChI=1S/C15H23N3O5S2/c1-11(2-5-15(20)21)6-7-16-8-12-3-4-13(24-12)9-18-10-14(19)17-25(18,22)23/h3-4,11,16H,2,5-10H2,1H3,(H,17,19)(H,20,21). The molecule has 1 amide bonds. The van der Waals surface area contributed by atoms with E-state index in [0.717, 1.165) is 27.0 Å². The molecule has 1 unspecified atom stereocenters. The highest BCUT2D eigenvalue weighted by Gasteiger charge is 2.33. The zero-order chi connectivity index (χ0) is 18.4. The van der Waals surface area contributed by atoms with Gasteiger partial charge in [-0.3, -0.25) is 9.59 Å². The number of carbonyl (C=O) groups is 2. The highest BCUT2D eigenvalue weighted by molar-refractivity contribution is 7.88. The number of hydrogen-bond acceptors (Lipinski definition) is 6. The molecule has 2 heterocycles. The van der Waals surface area contributed by atoms with Crippen molar-refractivity contribution in [3.05, 3.63) is 21.9 Å². The summed E-state index contributed by atoms with van der Waals surface area (Å²) < 4.78 is 26.5. The number of aliphatic carboxylic acids is 1. The minimum absolute atomic E-state index is 0.137. The normalized spacial score (nSPS) is 18.2. The summed E-state index contributed by atoms with van der Waals surface area (Å²) in [5, 5.41) is 12.0. The number of thiophene rings is 1. The predicted octanol–water partition coefficient (Wildman–Crippen LogP) is 0.905. The molecule has 0 aliphatic carbocycles. The number of hydrogen-bond donors (Lipinski definition) is 3. The van der Waals surface area contributed by atoms with Gasteiger partial charge in [0.05, 0.1) is 13.1 Å². The van der Waals surface area contributed by atoms with E-state index in [2.05, 4.69) is 5.32 Å². The van der Waals surface area contributed by atoms with Gasteiger partial charge in [-0.1, -0.05) is 6.92 Å². The summed E-state index contributed by atoms with van der Waals surface area (Å²) in [4.78, 5) is 23.7. The lowest BCUT2D eigenvalue weighted by Crippen LogP contribution is -2.28.